The number of phenols is 1. The maximum absolute atomic E-state index is 13.2. The van der Waals surface area contributed by atoms with E-state index in [-0.39, 0.29) is 43.8 Å². The van der Waals surface area contributed by atoms with Crippen LogP contribution in [0.2, 0.25) is 0 Å². The Balaban J connectivity index is 1.46. The molecular formula is C21H19F3N4O2. The van der Waals surface area contributed by atoms with Crippen molar-refractivity contribution in [3.05, 3.63) is 60.3 Å². The Morgan fingerprint density at radius 3 is 2.53 bits per heavy atom. The van der Waals surface area contributed by atoms with Gasteiger partial charge in [0.05, 0.1) is 11.3 Å². The number of amides is 2. The van der Waals surface area contributed by atoms with Crippen LogP contribution in [0.4, 0.5) is 29.5 Å². The molecule has 2 aromatic carbocycles. The van der Waals surface area contributed by atoms with Gasteiger partial charge < -0.3 is 20.2 Å². The van der Waals surface area contributed by atoms with Crippen LogP contribution in [-0.2, 0) is 6.18 Å². The molecule has 2 N–H and O–H groups in total. The van der Waals surface area contributed by atoms with Gasteiger partial charge in [-0.05, 0) is 35.7 Å². The van der Waals surface area contributed by atoms with Gasteiger partial charge in [-0.3, -0.25) is 0 Å². The number of nitrogens with one attached hydrogen (secondary N) is 1. The molecule has 6 nitrogen and oxygen atoms in total. The van der Waals surface area contributed by atoms with Crippen molar-refractivity contribution < 1.29 is 23.1 Å². The molecule has 0 aliphatic carbocycles. The van der Waals surface area contributed by atoms with E-state index < -0.39 is 11.7 Å². The number of carbonyl (C=O) groups excluding carboxylic acids is 1. The number of phenolic OH excluding ortho intramolecular Hbond substituents is 1. The van der Waals surface area contributed by atoms with Crippen LogP contribution in [0, 0.1) is 0 Å². The van der Waals surface area contributed by atoms with Gasteiger partial charge in [-0.25, -0.2) is 9.78 Å². The number of pyridine rings is 1. The van der Waals surface area contributed by atoms with Gasteiger partial charge in [-0.15, -0.1) is 0 Å². The van der Waals surface area contributed by atoms with Crippen LogP contribution in [0.25, 0.3) is 10.8 Å². The average Bonchev–Trinajstić information content (AvgIpc) is 2.73. The van der Waals surface area contributed by atoms with Crippen LogP contribution in [0.5, 0.6) is 5.75 Å². The minimum Gasteiger partial charge on any atom is -0.508 e. The Morgan fingerprint density at radius 1 is 1.03 bits per heavy atom. The summed E-state index contributed by atoms with van der Waals surface area (Å²) < 4.78 is 39.7. The summed E-state index contributed by atoms with van der Waals surface area (Å²) in [6, 6.07) is 12.2. The van der Waals surface area contributed by atoms with E-state index in [1.807, 2.05) is 6.07 Å². The molecule has 1 aromatic heterocycles. The summed E-state index contributed by atoms with van der Waals surface area (Å²) in [6.07, 6.45) is -3.16. The summed E-state index contributed by atoms with van der Waals surface area (Å²) in [5.41, 5.74) is -0.224. The molecule has 1 saturated heterocycles. The van der Waals surface area contributed by atoms with Gasteiger partial charge in [0.2, 0.25) is 0 Å². The first-order valence-electron chi connectivity index (χ1n) is 9.38. The van der Waals surface area contributed by atoms with Gasteiger partial charge in [0.25, 0.3) is 0 Å². The number of piperazine rings is 1. The number of benzene rings is 2. The fourth-order valence-corrected chi connectivity index (χ4v) is 3.56. The number of anilines is 2. The van der Waals surface area contributed by atoms with Crippen molar-refractivity contribution in [2.45, 2.75) is 6.18 Å². The van der Waals surface area contributed by atoms with E-state index in [4.69, 9.17) is 0 Å². The highest BCUT2D eigenvalue weighted by Gasteiger charge is 2.36. The second kappa shape index (κ2) is 7.74. The first-order chi connectivity index (χ1) is 14.3. The number of alkyl halides is 3. The van der Waals surface area contributed by atoms with Crippen LogP contribution in [0.15, 0.2) is 54.7 Å². The smallest absolute Gasteiger partial charge is 0.419 e. The molecular weight excluding hydrogens is 397 g/mol. The van der Waals surface area contributed by atoms with Crippen LogP contribution >= 0.6 is 0 Å². The van der Waals surface area contributed by atoms with Crippen molar-refractivity contribution in [2.75, 3.05) is 36.4 Å². The molecule has 3 aromatic rings. The normalized spacial score (nSPS) is 14.8. The van der Waals surface area contributed by atoms with Gasteiger partial charge in [-0.1, -0.05) is 18.2 Å². The lowest BCUT2D eigenvalue weighted by atomic mass is 10.1. The fourth-order valence-electron chi connectivity index (χ4n) is 3.56. The molecule has 1 aliphatic heterocycles. The third kappa shape index (κ3) is 3.96. The molecule has 156 valence electrons. The van der Waals surface area contributed by atoms with Crippen LogP contribution in [0.1, 0.15) is 5.56 Å². The summed E-state index contributed by atoms with van der Waals surface area (Å²) in [7, 11) is 0. The molecule has 1 aliphatic rings. The van der Waals surface area contributed by atoms with Crippen molar-refractivity contribution >= 4 is 28.3 Å². The summed E-state index contributed by atoms with van der Waals surface area (Å²) >= 11 is 0. The maximum atomic E-state index is 13.2. The maximum Gasteiger partial charge on any atom is 0.419 e. The summed E-state index contributed by atoms with van der Waals surface area (Å²) in [4.78, 5) is 19.7. The van der Waals surface area contributed by atoms with Gasteiger partial charge in [0, 0.05) is 37.8 Å². The number of rotatable bonds is 2. The van der Waals surface area contributed by atoms with E-state index >= 15 is 0 Å². The predicted molar refractivity (Wildman–Crippen MR) is 108 cm³/mol. The Morgan fingerprint density at radius 2 is 1.80 bits per heavy atom. The molecule has 0 unspecified atom stereocenters. The van der Waals surface area contributed by atoms with Crippen LogP contribution in [0.3, 0.4) is 0 Å². The number of carbonyl (C=O) groups is 1. The lowest BCUT2D eigenvalue weighted by Gasteiger charge is -2.36. The van der Waals surface area contributed by atoms with E-state index in [2.05, 4.69) is 10.3 Å². The quantitative estimate of drug-likeness (QED) is 0.653. The SMILES string of the molecule is O=C(Nc1cccc2ccc(O)cc12)N1CCN(c2ncccc2C(F)(F)F)CC1. The van der Waals surface area contributed by atoms with Crippen molar-refractivity contribution in [1.29, 1.82) is 0 Å². The van der Waals surface area contributed by atoms with Crippen molar-refractivity contribution in [2.24, 2.45) is 0 Å². The zero-order chi connectivity index (χ0) is 21.3. The second-order valence-electron chi connectivity index (χ2n) is 6.99. The largest absolute Gasteiger partial charge is 0.508 e. The summed E-state index contributed by atoms with van der Waals surface area (Å²) in [5, 5.41) is 14.1. The molecule has 0 saturated carbocycles. The molecule has 2 heterocycles. The number of aromatic nitrogens is 1. The molecule has 0 spiro atoms. The third-order valence-electron chi connectivity index (χ3n) is 5.07. The van der Waals surface area contributed by atoms with E-state index in [1.165, 1.54) is 12.3 Å². The molecule has 0 radical (unpaired) electrons. The van der Waals surface area contributed by atoms with Crippen LogP contribution in [-0.4, -0.2) is 47.2 Å². The van der Waals surface area contributed by atoms with Crippen molar-refractivity contribution in [3.8, 4) is 5.75 Å². The first kappa shape index (κ1) is 19.8. The Hall–Kier alpha value is -3.49. The molecule has 1 fully saturated rings. The fraction of sp³-hybridized carbons (Fsp3) is 0.238. The first-order valence-corrected chi connectivity index (χ1v) is 9.38. The molecule has 4 rings (SSSR count). The zero-order valence-electron chi connectivity index (χ0n) is 15.9. The Labute approximate surface area is 170 Å². The Kier molecular flexibility index (Phi) is 5.11. The highest BCUT2D eigenvalue weighted by molar-refractivity contribution is 6.02. The minimum absolute atomic E-state index is 0.0913. The van der Waals surface area contributed by atoms with Crippen molar-refractivity contribution in [3.63, 3.8) is 0 Å². The number of urea groups is 1. The molecule has 0 atom stereocenters. The lowest BCUT2D eigenvalue weighted by molar-refractivity contribution is -0.137. The minimum atomic E-state index is -4.49. The van der Waals surface area contributed by atoms with E-state index in [0.29, 0.717) is 11.1 Å². The average molecular weight is 416 g/mol. The Bertz CT molecular complexity index is 1080. The van der Waals surface area contributed by atoms with Gasteiger partial charge in [-0.2, -0.15) is 13.2 Å². The van der Waals surface area contributed by atoms with E-state index in [1.54, 1.807) is 40.1 Å². The van der Waals surface area contributed by atoms with Gasteiger partial charge >= 0.3 is 12.2 Å². The van der Waals surface area contributed by atoms with Gasteiger partial charge in [0.1, 0.15) is 11.6 Å². The number of hydrogen-bond acceptors (Lipinski definition) is 4. The highest BCUT2D eigenvalue weighted by Crippen LogP contribution is 2.35. The number of nitrogens with zero attached hydrogens (tertiary/aromatic N) is 3. The molecule has 30 heavy (non-hydrogen) atoms. The number of fused-ring (bicyclic) bond motifs is 1. The standard InChI is InChI=1S/C21H19F3N4O2/c22-21(23,24)17-4-2-8-25-19(17)27-9-11-28(12-10-27)20(30)26-18-5-1-3-14-6-7-15(29)13-16(14)18/h1-8,13,29H,9-12H2,(H,26,30). The van der Waals surface area contributed by atoms with Gasteiger partial charge in [0.15, 0.2) is 0 Å². The summed E-state index contributed by atoms with van der Waals surface area (Å²) in [5.74, 6) is -0.0248. The topological polar surface area (TPSA) is 68.7 Å². The highest BCUT2D eigenvalue weighted by atomic mass is 19.4. The lowest BCUT2D eigenvalue weighted by Crippen LogP contribution is -2.50. The van der Waals surface area contributed by atoms with E-state index in [9.17, 15) is 23.1 Å². The zero-order valence-corrected chi connectivity index (χ0v) is 15.9. The van der Waals surface area contributed by atoms with E-state index in [0.717, 1.165) is 11.5 Å². The summed E-state index contributed by atoms with van der Waals surface area (Å²) in [6.45, 7) is 0.999. The van der Waals surface area contributed by atoms with Crippen LogP contribution < -0.4 is 10.2 Å². The third-order valence-corrected chi connectivity index (χ3v) is 5.07. The second-order valence-corrected chi connectivity index (χ2v) is 6.99. The number of hydrogen-bond donors (Lipinski definition) is 2. The van der Waals surface area contributed by atoms with Crippen molar-refractivity contribution in [1.82, 2.24) is 9.88 Å². The number of halogens is 3. The molecule has 0 bridgehead atoms. The molecule has 9 heteroatoms. The number of aromatic hydroxyl groups is 1. The predicted octanol–water partition coefficient (Wildman–Crippen LogP) is 4.31. The molecule has 2 amide bonds. The monoisotopic (exact) mass is 416 g/mol.